The number of anilines is 1. The van der Waals surface area contributed by atoms with Gasteiger partial charge in [-0.25, -0.2) is 0 Å². The molecule has 0 radical (unpaired) electrons. The Bertz CT molecular complexity index is 907. The predicted octanol–water partition coefficient (Wildman–Crippen LogP) is 3.89. The van der Waals surface area contributed by atoms with Crippen LogP contribution in [0.25, 0.3) is 0 Å². The standard InChI is InChI=1S/C23H27NO6S/c1-23(22(25)24-19-9-8-17(26-2)10-20(19)27-3)13-28-21(29-14-23)15-4-6-16(7-5-15)30-18-11-31-12-18/h4-10,18,21H,11-14H2,1-3H3,(H,24,25). The lowest BCUT2D eigenvalue weighted by Crippen LogP contribution is -2.45. The van der Waals surface area contributed by atoms with E-state index in [9.17, 15) is 4.79 Å². The van der Waals surface area contributed by atoms with Gasteiger partial charge in [0.2, 0.25) is 5.91 Å². The summed E-state index contributed by atoms with van der Waals surface area (Å²) in [6.45, 7) is 2.29. The number of rotatable bonds is 7. The van der Waals surface area contributed by atoms with Crippen LogP contribution in [-0.2, 0) is 14.3 Å². The van der Waals surface area contributed by atoms with Crippen LogP contribution in [0, 0.1) is 5.41 Å². The van der Waals surface area contributed by atoms with Crippen LogP contribution in [-0.4, -0.2) is 51.0 Å². The lowest BCUT2D eigenvalue weighted by atomic mass is 9.90. The number of amides is 1. The molecule has 4 rings (SSSR count). The summed E-state index contributed by atoms with van der Waals surface area (Å²) in [4.78, 5) is 13.0. The predicted molar refractivity (Wildman–Crippen MR) is 119 cm³/mol. The largest absolute Gasteiger partial charge is 0.497 e. The fourth-order valence-electron chi connectivity index (χ4n) is 3.29. The molecule has 2 aromatic carbocycles. The first-order valence-corrected chi connectivity index (χ1v) is 11.3. The van der Waals surface area contributed by atoms with Gasteiger partial charge in [0.05, 0.1) is 38.5 Å². The summed E-state index contributed by atoms with van der Waals surface area (Å²) in [5.74, 6) is 3.91. The maximum Gasteiger partial charge on any atom is 0.235 e. The Hall–Kier alpha value is -2.42. The van der Waals surface area contributed by atoms with Crippen molar-refractivity contribution in [1.29, 1.82) is 0 Å². The number of nitrogens with one attached hydrogen (secondary N) is 1. The van der Waals surface area contributed by atoms with E-state index in [0.29, 0.717) is 23.3 Å². The van der Waals surface area contributed by atoms with Crippen LogP contribution in [0.15, 0.2) is 42.5 Å². The van der Waals surface area contributed by atoms with Gasteiger partial charge in [0.25, 0.3) is 0 Å². The molecule has 0 unspecified atom stereocenters. The van der Waals surface area contributed by atoms with Crippen molar-refractivity contribution in [1.82, 2.24) is 0 Å². The molecular weight excluding hydrogens is 418 g/mol. The van der Waals surface area contributed by atoms with Gasteiger partial charge in [-0.3, -0.25) is 4.79 Å². The molecule has 2 saturated heterocycles. The van der Waals surface area contributed by atoms with E-state index in [0.717, 1.165) is 22.8 Å². The molecule has 166 valence electrons. The Morgan fingerprint density at radius 1 is 1.03 bits per heavy atom. The van der Waals surface area contributed by atoms with Gasteiger partial charge in [-0.2, -0.15) is 11.8 Å². The minimum atomic E-state index is -0.827. The molecule has 2 heterocycles. The third kappa shape index (κ3) is 4.92. The molecule has 2 aliphatic rings. The summed E-state index contributed by atoms with van der Waals surface area (Å²) < 4.78 is 28.2. The van der Waals surface area contributed by atoms with Crippen LogP contribution in [0.4, 0.5) is 5.69 Å². The molecule has 0 spiro atoms. The third-order valence-corrected chi connectivity index (χ3v) is 6.59. The number of carbonyl (C=O) groups is 1. The average molecular weight is 446 g/mol. The van der Waals surface area contributed by atoms with E-state index >= 15 is 0 Å². The van der Waals surface area contributed by atoms with Crippen LogP contribution in [0.2, 0.25) is 0 Å². The number of benzene rings is 2. The van der Waals surface area contributed by atoms with Crippen molar-refractivity contribution in [2.45, 2.75) is 19.3 Å². The van der Waals surface area contributed by atoms with E-state index in [1.54, 1.807) is 32.4 Å². The number of methoxy groups -OCH3 is 2. The molecule has 1 N–H and O–H groups in total. The van der Waals surface area contributed by atoms with Crippen molar-refractivity contribution in [2.24, 2.45) is 5.41 Å². The molecule has 0 saturated carbocycles. The van der Waals surface area contributed by atoms with Gasteiger partial charge < -0.3 is 29.0 Å². The highest BCUT2D eigenvalue weighted by atomic mass is 32.2. The average Bonchev–Trinajstić information content (AvgIpc) is 2.77. The van der Waals surface area contributed by atoms with Gasteiger partial charge in [0, 0.05) is 23.1 Å². The zero-order chi connectivity index (χ0) is 21.8. The van der Waals surface area contributed by atoms with Crippen LogP contribution in [0.1, 0.15) is 18.8 Å². The van der Waals surface area contributed by atoms with Crippen molar-refractivity contribution < 1.29 is 28.5 Å². The SMILES string of the molecule is COc1ccc(NC(=O)C2(C)COC(c3ccc(OC4CSC4)cc3)OC2)c(OC)c1. The molecule has 2 aromatic rings. The zero-order valence-electron chi connectivity index (χ0n) is 17.9. The van der Waals surface area contributed by atoms with E-state index in [2.05, 4.69) is 5.32 Å². The molecule has 7 nitrogen and oxygen atoms in total. The number of ether oxygens (including phenoxy) is 5. The highest BCUT2D eigenvalue weighted by Gasteiger charge is 2.40. The Kier molecular flexibility index (Phi) is 6.60. The number of carbonyl (C=O) groups excluding carboxylic acids is 1. The van der Waals surface area contributed by atoms with E-state index in [1.165, 1.54) is 0 Å². The van der Waals surface area contributed by atoms with Crippen LogP contribution < -0.4 is 19.5 Å². The molecule has 0 aromatic heterocycles. The summed E-state index contributed by atoms with van der Waals surface area (Å²) in [7, 11) is 3.13. The van der Waals surface area contributed by atoms with E-state index in [4.69, 9.17) is 23.7 Å². The monoisotopic (exact) mass is 445 g/mol. The Labute approximate surface area is 186 Å². The first-order valence-electron chi connectivity index (χ1n) is 10.1. The van der Waals surface area contributed by atoms with Crippen molar-refractivity contribution in [3.63, 3.8) is 0 Å². The molecule has 8 heteroatoms. The summed E-state index contributed by atoms with van der Waals surface area (Å²) in [6, 6.07) is 13.0. The number of thioether (sulfide) groups is 1. The molecule has 31 heavy (non-hydrogen) atoms. The van der Waals surface area contributed by atoms with Crippen LogP contribution in [0.3, 0.4) is 0 Å². The van der Waals surface area contributed by atoms with Gasteiger partial charge >= 0.3 is 0 Å². The molecule has 0 atom stereocenters. The summed E-state index contributed by atoms with van der Waals surface area (Å²) in [5.41, 5.74) is 0.638. The van der Waals surface area contributed by atoms with Gasteiger partial charge in [-0.15, -0.1) is 0 Å². The highest BCUT2D eigenvalue weighted by Crippen LogP contribution is 2.35. The zero-order valence-corrected chi connectivity index (χ0v) is 18.7. The van der Waals surface area contributed by atoms with Crippen molar-refractivity contribution in [3.05, 3.63) is 48.0 Å². The Morgan fingerprint density at radius 2 is 1.71 bits per heavy atom. The molecule has 2 fully saturated rings. The second kappa shape index (κ2) is 9.38. The minimum absolute atomic E-state index is 0.198. The maximum absolute atomic E-state index is 13.0. The smallest absolute Gasteiger partial charge is 0.235 e. The van der Waals surface area contributed by atoms with Crippen molar-refractivity contribution in [2.75, 3.05) is 44.3 Å². The first kappa shape index (κ1) is 21.8. The van der Waals surface area contributed by atoms with Crippen LogP contribution >= 0.6 is 11.8 Å². The van der Waals surface area contributed by atoms with Gasteiger partial charge in [-0.1, -0.05) is 12.1 Å². The summed E-state index contributed by atoms with van der Waals surface area (Å²) in [5, 5.41) is 2.92. The maximum atomic E-state index is 13.0. The number of hydrogen-bond acceptors (Lipinski definition) is 7. The third-order valence-electron chi connectivity index (χ3n) is 5.37. The Morgan fingerprint density at radius 3 is 2.29 bits per heavy atom. The summed E-state index contributed by atoms with van der Waals surface area (Å²) >= 11 is 1.89. The lowest BCUT2D eigenvalue weighted by molar-refractivity contribution is -0.226. The number of hydrogen-bond donors (Lipinski definition) is 1. The highest BCUT2D eigenvalue weighted by molar-refractivity contribution is 8.00. The lowest BCUT2D eigenvalue weighted by Gasteiger charge is -2.36. The van der Waals surface area contributed by atoms with Gasteiger partial charge in [0.15, 0.2) is 6.29 Å². The summed E-state index contributed by atoms with van der Waals surface area (Å²) in [6.07, 6.45) is -0.203. The topological polar surface area (TPSA) is 75.3 Å². The van der Waals surface area contributed by atoms with E-state index in [1.807, 2.05) is 43.0 Å². The van der Waals surface area contributed by atoms with Crippen LogP contribution in [0.5, 0.6) is 17.2 Å². The fourth-order valence-corrected chi connectivity index (χ4v) is 3.85. The van der Waals surface area contributed by atoms with Crippen molar-refractivity contribution in [3.8, 4) is 17.2 Å². The second-order valence-corrected chi connectivity index (χ2v) is 8.96. The Balaban J connectivity index is 1.35. The van der Waals surface area contributed by atoms with Gasteiger partial charge in [0.1, 0.15) is 23.4 Å². The first-order chi connectivity index (χ1) is 15.0. The molecule has 1 amide bonds. The van der Waals surface area contributed by atoms with E-state index < -0.39 is 11.7 Å². The second-order valence-electron chi connectivity index (χ2n) is 7.88. The van der Waals surface area contributed by atoms with Gasteiger partial charge in [-0.05, 0) is 31.2 Å². The molecular formula is C23H27NO6S. The normalized spacial score (nSPS) is 23.5. The van der Waals surface area contributed by atoms with Crippen molar-refractivity contribution >= 4 is 23.4 Å². The molecule has 0 bridgehead atoms. The van der Waals surface area contributed by atoms with E-state index in [-0.39, 0.29) is 19.1 Å². The molecule has 0 aliphatic carbocycles. The quantitative estimate of drug-likeness (QED) is 0.693. The molecule has 2 aliphatic heterocycles. The minimum Gasteiger partial charge on any atom is -0.497 e. The fraction of sp³-hybridized carbons (Fsp3) is 0.435.